The summed E-state index contributed by atoms with van der Waals surface area (Å²) in [4.78, 5) is 9.55. The van der Waals surface area contributed by atoms with Gasteiger partial charge in [0.05, 0.1) is 32.9 Å². The Balaban J connectivity index is 1.59. The number of ether oxygens (including phenoxy) is 1. The number of nitrogens with one attached hydrogen (secondary N) is 2. The van der Waals surface area contributed by atoms with E-state index in [2.05, 4.69) is 96.4 Å². The molecule has 0 amide bonds. The van der Waals surface area contributed by atoms with Crippen molar-refractivity contribution in [2.24, 2.45) is 16.3 Å². The predicted octanol–water partition coefficient (Wildman–Crippen LogP) is 6.84. The zero-order chi connectivity index (χ0) is 27.0. The minimum absolute atomic E-state index is 0.0495. The number of aliphatic imine (C=N–C) groups is 1. The van der Waals surface area contributed by atoms with Crippen molar-refractivity contribution in [3.05, 3.63) is 46.8 Å². The van der Waals surface area contributed by atoms with Crippen LogP contribution in [0.5, 0.6) is 5.88 Å². The van der Waals surface area contributed by atoms with Crippen molar-refractivity contribution >= 4 is 60.2 Å². The molecule has 8 nitrogen and oxygen atoms in total. The van der Waals surface area contributed by atoms with Gasteiger partial charge in [-0.05, 0) is 65.1 Å². The average molecular weight is 648 g/mol. The van der Waals surface area contributed by atoms with E-state index >= 15 is 0 Å². The van der Waals surface area contributed by atoms with Crippen LogP contribution in [0.1, 0.15) is 58.3 Å². The third-order valence-corrected chi connectivity index (χ3v) is 7.91. The lowest BCUT2D eigenvalue weighted by Crippen LogP contribution is -2.30. The summed E-state index contributed by atoms with van der Waals surface area (Å²) in [6, 6.07) is 3.94. The van der Waals surface area contributed by atoms with Gasteiger partial charge in [-0.3, -0.25) is 9.98 Å². The molecule has 202 valence electrons. The van der Waals surface area contributed by atoms with Crippen molar-refractivity contribution in [3.63, 3.8) is 0 Å². The monoisotopic (exact) mass is 647 g/mol. The molecule has 3 aromatic rings. The van der Waals surface area contributed by atoms with E-state index < -0.39 is 0 Å². The fourth-order valence-electron chi connectivity index (χ4n) is 5.00. The molecule has 2 aromatic heterocycles. The normalized spacial score (nSPS) is 20.0. The van der Waals surface area contributed by atoms with Crippen LogP contribution in [0.2, 0.25) is 5.02 Å². The molecule has 2 aliphatic rings. The molecular formula is C28H35ClIN7O. The Labute approximate surface area is 242 Å². The third kappa shape index (κ3) is 5.64. The van der Waals surface area contributed by atoms with Crippen LogP contribution in [-0.2, 0) is 13.0 Å². The Morgan fingerprint density at radius 1 is 1.29 bits per heavy atom. The summed E-state index contributed by atoms with van der Waals surface area (Å²) in [7, 11) is 0. The van der Waals surface area contributed by atoms with Crippen molar-refractivity contribution in [3.8, 4) is 5.88 Å². The van der Waals surface area contributed by atoms with E-state index in [-0.39, 0.29) is 23.4 Å². The predicted molar refractivity (Wildman–Crippen MR) is 164 cm³/mol. The topological polar surface area (TPSA) is 89.2 Å². The van der Waals surface area contributed by atoms with Gasteiger partial charge in [-0.1, -0.05) is 50.6 Å². The largest absolute Gasteiger partial charge is 0.476 e. The highest BCUT2D eigenvalue weighted by molar-refractivity contribution is 14.1. The van der Waals surface area contributed by atoms with E-state index in [1.165, 1.54) is 5.56 Å². The smallest absolute Gasteiger partial charge is 0.238 e. The van der Waals surface area contributed by atoms with Gasteiger partial charge in [0.25, 0.3) is 0 Å². The van der Waals surface area contributed by atoms with Crippen LogP contribution >= 0.6 is 34.2 Å². The van der Waals surface area contributed by atoms with E-state index in [0.717, 1.165) is 63.5 Å². The first kappa shape index (κ1) is 27.2. The fourth-order valence-corrected chi connectivity index (χ4v) is 5.91. The van der Waals surface area contributed by atoms with Gasteiger partial charge in [-0.15, -0.1) is 5.10 Å². The number of anilines is 2. The van der Waals surface area contributed by atoms with Gasteiger partial charge in [-0.2, -0.15) is 0 Å². The maximum atomic E-state index is 6.85. The van der Waals surface area contributed by atoms with Gasteiger partial charge < -0.3 is 15.4 Å². The summed E-state index contributed by atoms with van der Waals surface area (Å²) in [5.41, 5.74) is 4.85. The number of halogens is 2. The number of pyridine rings is 1. The molecule has 0 aliphatic carbocycles. The minimum Gasteiger partial charge on any atom is -0.476 e. The zero-order valence-corrected chi connectivity index (χ0v) is 25.5. The summed E-state index contributed by atoms with van der Waals surface area (Å²) in [6.45, 7) is 13.3. The molecule has 0 fully saturated rings. The first-order valence-electron chi connectivity index (χ1n) is 13.2. The summed E-state index contributed by atoms with van der Waals surface area (Å²) in [6.07, 6.45) is 8.01. The molecule has 2 N–H and O–H groups in total. The number of nitrogens with zero attached hydrogens (tertiary/aromatic N) is 5. The van der Waals surface area contributed by atoms with Crippen LogP contribution in [0, 0.1) is 11.3 Å². The fraction of sp³-hybridized carbons (Fsp3) is 0.500. The molecular weight excluding hydrogens is 613 g/mol. The number of allylic oxidation sites excluding steroid dienone is 1. The zero-order valence-electron chi connectivity index (χ0n) is 22.6. The molecule has 10 heteroatoms. The molecule has 0 spiro atoms. The SMILES string of the molecule is CCc1cnc2c(Cl)cc(N[C@H](c3nnn4c3OCCC4)C3C=CC(I)=NC3C)cc2c1NCC(C)(C)C. The van der Waals surface area contributed by atoms with Gasteiger partial charge in [0.2, 0.25) is 5.88 Å². The lowest BCUT2D eigenvalue weighted by molar-refractivity contribution is 0.226. The molecule has 5 rings (SSSR count). The molecule has 38 heavy (non-hydrogen) atoms. The lowest BCUT2D eigenvalue weighted by atomic mass is 9.88. The summed E-state index contributed by atoms with van der Waals surface area (Å²) in [5.74, 6) is 0.779. The highest BCUT2D eigenvalue weighted by Crippen LogP contribution is 2.40. The first-order chi connectivity index (χ1) is 18.1. The first-order valence-corrected chi connectivity index (χ1v) is 14.7. The number of aryl methyl sites for hydroxylation is 2. The van der Waals surface area contributed by atoms with Crippen molar-refractivity contribution in [2.75, 3.05) is 23.8 Å². The maximum Gasteiger partial charge on any atom is 0.238 e. The van der Waals surface area contributed by atoms with Gasteiger partial charge >= 0.3 is 0 Å². The van der Waals surface area contributed by atoms with Crippen LogP contribution in [0.3, 0.4) is 0 Å². The van der Waals surface area contributed by atoms with Crippen LogP contribution in [0.15, 0.2) is 35.5 Å². The molecule has 0 saturated carbocycles. The van der Waals surface area contributed by atoms with E-state index in [1.807, 2.05) is 16.9 Å². The molecule has 2 unspecified atom stereocenters. The highest BCUT2D eigenvalue weighted by atomic mass is 127. The molecule has 1 aromatic carbocycles. The Hall–Kier alpha value is -2.40. The van der Waals surface area contributed by atoms with E-state index in [9.17, 15) is 0 Å². The minimum atomic E-state index is -0.210. The lowest BCUT2D eigenvalue weighted by Gasteiger charge is -2.31. The number of rotatable bonds is 7. The molecule has 2 aliphatic heterocycles. The summed E-state index contributed by atoms with van der Waals surface area (Å²) in [5, 5.41) is 18.1. The van der Waals surface area contributed by atoms with Crippen LogP contribution < -0.4 is 15.4 Å². The van der Waals surface area contributed by atoms with Crippen LogP contribution in [0.25, 0.3) is 10.9 Å². The second kappa shape index (κ2) is 11.0. The Morgan fingerprint density at radius 2 is 2.11 bits per heavy atom. The number of hydrogen-bond acceptors (Lipinski definition) is 7. The molecule has 4 heterocycles. The third-order valence-electron chi connectivity index (χ3n) is 6.99. The maximum absolute atomic E-state index is 6.85. The second-order valence-electron chi connectivity index (χ2n) is 11.2. The molecule has 3 atom stereocenters. The van der Waals surface area contributed by atoms with E-state index in [1.54, 1.807) is 0 Å². The van der Waals surface area contributed by atoms with Crippen molar-refractivity contribution < 1.29 is 4.74 Å². The number of hydrogen-bond donors (Lipinski definition) is 2. The van der Waals surface area contributed by atoms with Crippen molar-refractivity contribution in [2.45, 2.75) is 66.1 Å². The Bertz CT molecular complexity index is 1390. The van der Waals surface area contributed by atoms with Gasteiger partial charge in [0.15, 0.2) is 0 Å². The van der Waals surface area contributed by atoms with Crippen molar-refractivity contribution in [1.82, 2.24) is 20.0 Å². The van der Waals surface area contributed by atoms with Gasteiger partial charge in [0, 0.05) is 48.4 Å². The number of fused-ring (bicyclic) bond motifs is 2. The summed E-state index contributed by atoms with van der Waals surface area (Å²) < 4.78 is 8.91. The van der Waals surface area contributed by atoms with Crippen LogP contribution in [0.4, 0.5) is 11.4 Å². The van der Waals surface area contributed by atoms with Crippen LogP contribution in [-0.4, -0.2) is 42.9 Å². The number of dihydropyridines is 1. The van der Waals surface area contributed by atoms with E-state index in [4.69, 9.17) is 26.3 Å². The second-order valence-corrected chi connectivity index (χ2v) is 12.7. The van der Waals surface area contributed by atoms with Gasteiger partial charge in [-0.25, -0.2) is 4.68 Å². The average Bonchev–Trinajstić information content (AvgIpc) is 3.29. The summed E-state index contributed by atoms with van der Waals surface area (Å²) >= 11 is 9.12. The van der Waals surface area contributed by atoms with Crippen molar-refractivity contribution in [1.29, 1.82) is 0 Å². The number of benzene rings is 1. The highest BCUT2D eigenvalue weighted by Gasteiger charge is 2.34. The quantitative estimate of drug-likeness (QED) is 0.273. The van der Waals surface area contributed by atoms with E-state index in [0.29, 0.717) is 11.6 Å². The Kier molecular flexibility index (Phi) is 7.86. The molecule has 0 saturated heterocycles. The standard InChI is InChI=1S/C28H35ClIN7O/c1-6-17-14-31-24-20(23(17)32-15-28(3,4)5)12-18(13-21(24)29)34-25(19-8-9-22(30)33-16(19)2)26-27-37(36-35-26)10-7-11-38-27/h8-9,12-14,16,19,25,34H,6-7,10-11,15H2,1-5H3,(H,31,32)/t16?,19?,25-/m0/s1. The Morgan fingerprint density at radius 3 is 2.84 bits per heavy atom. The number of aromatic nitrogens is 4. The van der Waals surface area contributed by atoms with Gasteiger partial charge in [0.1, 0.15) is 5.69 Å². The molecule has 0 bridgehead atoms. The molecule has 0 radical (unpaired) electrons.